The van der Waals surface area contributed by atoms with Gasteiger partial charge in [-0.25, -0.2) is 9.82 Å². The molecule has 0 aromatic rings. The molecule has 18 heavy (non-hydrogen) atoms. The maximum atomic E-state index is 11.4. The van der Waals surface area contributed by atoms with E-state index in [9.17, 15) is 19.0 Å². The molecular weight excluding hydrogens is 294 g/mol. The largest absolute Gasteiger partial charge is 0.481 e. The van der Waals surface area contributed by atoms with E-state index >= 15 is 0 Å². The van der Waals surface area contributed by atoms with Crippen molar-refractivity contribution in [3.05, 3.63) is 0 Å². The van der Waals surface area contributed by atoms with Crippen molar-refractivity contribution in [3.8, 4) is 0 Å². The minimum atomic E-state index is -4.54. The van der Waals surface area contributed by atoms with Crippen LogP contribution in [-0.4, -0.2) is 38.5 Å². The minimum Gasteiger partial charge on any atom is -0.481 e. The van der Waals surface area contributed by atoms with Gasteiger partial charge in [-0.3, -0.25) is 9.36 Å². The van der Waals surface area contributed by atoms with Crippen LogP contribution in [0.5, 0.6) is 0 Å². The summed E-state index contributed by atoms with van der Waals surface area (Å²) in [6.45, 7) is 0.665. The fourth-order valence-corrected chi connectivity index (χ4v) is 2.49. The summed E-state index contributed by atoms with van der Waals surface area (Å²) in [6, 6.07) is 0. The standard InChI is InChI=1S/C6H14O10P2/c1-6(9,4-5(7)8)2-3-14-18(13,16-15-10)17(11)12/h9-10,17H,2-4H2,1H3,(H,7,8)(H,11,12). The van der Waals surface area contributed by atoms with Gasteiger partial charge in [0.05, 0.1) is 18.6 Å². The first-order chi connectivity index (χ1) is 8.13. The van der Waals surface area contributed by atoms with Crippen molar-refractivity contribution >= 4 is 21.0 Å². The summed E-state index contributed by atoms with van der Waals surface area (Å²) in [5.41, 5.74) is -1.65. The summed E-state index contributed by atoms with van der Waals surface area (Å²) in [5, 5.41) is 28.9. The van der Waals surface area contributed by atoms with Crippen molar-refractivity contribution < 1.29 is 48.5 Å². The highest BCUT2D eigenvalue weighted by molar-refractivity contribution is 8.20. The lowest BCUT2D eigenvalue weighted by atomic mass is 9.99. The van der Waals surface area contributed by atoms with Crippen molar-refractivity contribution in [3.63, 3.8) is 0 Å². The third-order valence-electron chi connectivity index (χ3n) is 1.80. The topological polar surface area (TPSA) is 160 Å². The lowest BCUT2D eigenvalue weighted by Gasteiger charge is -2.21. The molecule has 3 unspecified atom stereocenters. The van der Waals surface area contributed by atoms with Gasteiger partial charge in [-0.2, -0.15) is 0 Å². The van der Waals surface area contributed by atoms with Crippen LogP contribution in [-0.2, 0) is 28.2 Å². The molecule has 0 aromatic heterocycles. The Hall–Kier alpha value is -0.310. The van der Waals surface area contributed by atoms with E-state index in [0.29, 0.717) is 0 Å². The van der Waals surface area contributed by atoms with Gasteiger partial charge < -0.3 is 19.6 Å². The van der Waals surface area contributed by atoms with Crippen molar-refractivity contribution in [2.75, 3.05) is 6.61 Å². The Balaban J connectivity index is 4.35. The molecule has 4 N–H and O–H groups in total. The Morgan fingerprint density at radius 3 is 2.44 bits per heavy atom. The molecule has 0 aliphatic carbocycles. The fourth-order valence-electron chi connectivity index (χ4n) is 0.952. The zero-order chi connectivity index (χ0) is 14.4. The molecule has 3 atom stereocenters. The molecule has 12 heteroatoms. The van der Waals surface area contributed by atoms with E-state index in [2.05, 4.69) is 14.2 Å². The summed E-state index contributed by atoms with van der Waals surface area (Å²) in [7, 11) is -8.34. The van der Waals surface area contributed by atoms with Crippen LogP contribution >= 0.6 is 15.0 Å². The number of carboxylic acids is 1. The molecule has 0 aliphatic rings. The van der Waals surface area contributed by atoms with E-state index in [4.69, 9.17) is 15.3 Å². The number of aliphatic hydroxyl groups is 1. The van der Waals surface area contributed by atoms with E-state index in [0.717, 1.165) is 0 Å². The fraction of sp³-hybridized carbons (Fsp3) is 0.833. The third kappa shape index (κ3) is 6.58. The van der Waals surface area contributed by atoms with Crippen LogP contribution in [0.3, 0.4) is 0 Å². The molecule has 0 amide bonds. The molecule has 0 radical (unpaired) electrons. The Kier molecular flexibility index (Phi) is 7.19. The number of hydrogen-bond donors (Lipinski definition) is 4. The summed E-state index contributed by atoms with van der Waals surface area (Å²) < 4.78 is 30.1. The highest BCUT2D eigenvalue weighted by atomic mass is 32.1. The van der Waals surface area contributed by atoms with E-state index in [-0.39, 0.29) is 6.42 Å². The number of carboxylic acid groups (broad SMARTS) is 1. The molecule has 108 valence electrons. The second kappa shape index (κ2) is 7.32. The molecule has 0 saturated heterocycles. The molecule has 0 heterocycles. The van der Waals surface area contributed by atoms with Gasteiger partial charge in [-0.05, 0) is 6.92 Å². The van der Waals surface area contributed by atoms with E-state index in [1.54, 1.807) is 0 Å². The number of hydrogen-bond acceptors (Lipinski definition) is 8. The van der Waals surface area contributed by atoms with Gasteiger partial charge in [0, 0.05) is 6.42 Å². The SMILES string of the molecule is CC(O)(CCOP(=O)(OOO)[PH](=O)O)CC(=O)O. The zero-order valence-corrected chi connectivity index (χ0v) is 11.2. The quantitative estimate of drug-likeness (QED) is 0.270. The predicted octanol–water partition coefficient (Wildman–Crippen LogP) is 0.615. The highest BCUT2D eigenvalue weighted by Gasteiger charge is 2.35. The van der Waals surface area contributed by atoms with Crippen LogP contribution in [0.15, 0.2) is 0 Å². The van der Waals surface area contributed by atoms with E-state index < -0.39 is 39.6 Å². The van der Waals surface area contributed by atoms with Crippen molar-refractivity contribution in [1.29, 1.82) is 0 Å². The first-order valence-corrected chi connectivity index (χ1v) is 8.29. The van der Waals surface area contributed by atoms with Gasteiger partial charge in [0.15, 0.2) is 0 Å². The number of rotatable bonds is 9. The van der Waals surface area contributed by atoms with E-state index in [1.807, 2.05) is 0 Å². The van der Waals surface area contributed by atoms with Crippen LogP contribution in [0.1, 0.15) is 19.8 Å². The Morgan fingerprint density at radius 1 is 1.50 bits per heavy atom. The molecule has 0 rings (SSSR count). The highest BCUT2D eigenvalue weighted by Crippen LogP contribution is 2.68. The normalized spacial score (nSPS) is 19.8. The summed E-state index contributed by atoms with van der Waals surface area (Å²) in [5.74, 6) is -1.26. The van der Waals surface area contributed by atoms with Gasteiger partial charge in [0.1, 0.15) is 0 Å². The van der Waals surface area contributed by atoms with Gasteiger partial charge >= 0.3 is 21.0 Å². The monoisotopic (exact) mass is 308 g/mol. The predicted molar refractivity (Wildman–Crippen MR) is 57.1 cm³/mol. The van der Waals surface area contributed by atoms with Crippen LogP contribution < -0.4 is 0 Å². The molecule has 0 aromatic carbocycles. The van der Waals surface area contributed by atoms with Crippen LogP contribution in [0.4, 0.5) is 0 Å². The average molecular weight is 308 g/mol. The summed E-state index contributed by atoms with van der Waals surface area (Å²) in [6.07, 6.45) is -0.875. The van der Waals surface area contributed by atoms with Gasteiger partial charge in [0.2, 0.25) is 0 Å². The van der Waals surface area contributed by atoms with Crippen molar-refractivity contribution in [1.82, 2.24) is 0 Å². The van der Waals surface area contributed by atoms with Crippen LogP contribution in [0, 0.1) is 0 Å². The number of carbonyl (C=O) groups is 1. The van der Waals surface area contributed by atoms with Crippen LogP contribution in [0.25, 0.3) is 0 Å². The first-order valence-electron chi connectivity index (χ1n) is 4.55. The summed E-state index contributed by atoms with van der Waals surface area (Å²) >= 11 is 0. The van der Waals surface area contributed by atoms with Gasteiger partial charge in [-0.1, -0.05) is 5.04 Å². The maximum absolute atomic E-state index is 11.4. The lowest BCUT2D eigenvalue weighted by molar-refractivity contribution is -0.441. The summed E-state index contributed by atoms with van der Waals surface area (Å²) in [4.78, 5) is 19.0. The Bertz CT molecular complexity index is 352. The lowest BCUT2D eigenvalue weighted by Crippen LogP contribution is -2.29. The maximum Gasteiger partial charge on any atom is 0.438 e. The second-order valence-electron chi connectivity index (χ2n) is 3.58. The smallest absolute Gasteiger partial charge is 0.438 e. The zero-order valence-electron chi connectivity index (χ0n) is 9.31. The second-order valence-corrected chi connectivity index (χ2v) is 8.34. The first kappa shape index (κ1) is 17.7. The molecule has 0 saturated carbocycles. The van der Waals surface area contributed by atoms with Gasteiger partial charge in [0.25, 0.3) is 0 Å². The van der Waals surface area contributed by atoms with Crippen LogP contribution in [0.2, 0.25) is 0 Å². The molecule has 0 aliphatic heterocycles. The molecule has 0 fully saturated rings. The molecule has 0 spiro atoms. The van der Waals surface area contributed by atoms with Crippen molar-refractivity contribution in [2.24, 2.45) is 0 Å². The molecule has 0 bridgehead atoms. The molecular formula is C6H14O10P2. The Morgan fingerprint density at radius 2 is 2.06 bits per heavy atom. The van der Waals surface area contributed by atoms with E-state index in [1.165, 1.54) is 6.92 Å². The molecule has 10 nitrogen and oxygen atoms in total. The van der Waals surface area contributed by atoms with Crippen molar-refractivity contribution in [2.45, 2.75) is 25.4 Å². The Labute approximate surface area is 102 Å². The average Bonchev–Trinajstić information content (AvgIpc) is 2.14. The number of aliphatic carboxylic acids is 1. The third-order valence-corrected chi connectivity index (χ3v) is 5.07. The van der Waals surface area contributed by atoms with Gasteiger partial charge in [-0.15, -0.1) is 4.67 Å². The minimum absolute atomic E-state index is 0.284.